The van der Waals surface area contributed by atoms with Crippen molar-refractivity contribution in [2.75, 3.05) is 26.8 Å². The fourth-order valence-electron chi connectivity index (χ4n) is 2.13. The van der Waals surface area contributed by atoms with E-state index in [0.717, 1.165) is 32.4 Å². The molecule has 1 aliphatic rings. The van der Waals surface area contributed by atoms with Gasteiger partial charge in [-0.2, -0.15) is 0 Å². The minimum atomic E-state index is -0.682. The summed E-state index contributed by atoms with van der Waals surface area (Å²) in [5.41, 5.74) is 0. The van der Waals surface area contributed by atoms with Gasteiger partial charge in [-0.1, -0.05) is 6.92 Å². The smallest absolute Gasteiger partial charge is 0.320 e. The SMILES string of the molecule is COCCCN1CCC(C)CC1C(=O)O. The molecule has 0 aromatic rings. The number of aliphatic carboxylic acids is 1. The first kappa shape index (κ1) is 12.5. The van der Waals surface area contributed by atoms with E-state index in [0.29, 0.717) is 12.5 Å². The van der Waals surface area contributed by atoms with Gasteiger partial charge in [-0.05, 0) is 31.7 Å². The number of rotatable bonds is 5. The van der Waals surface area contributed by atoms with Crippen molar-refractivity contribution in [3.8, 4) is 0 Å². The molecular formula is C11H21NO3. The van der Waals surface area contributed by atoms with Crippen LogP contribution in [0.25, 0.3) is 0 Å². The van der Waals surface area contributed by atoms with E-state index in [2.05, 4.69) is 11.8 Å². The molecule has 1 heterocycles. The highest BCUT2D eigenvalue weighted by Gasteiger charge is 2.30. The van der Waals surface area contributed by atoms with Crippen LogP contribution in [0.15, 0.2) is 0 Å². The molecule has 1 N–H and O–H groups in total. The summed E-state index contributed by atoms with van der Waals surface area (Å²) in [4.78, 5) is 13.1. The molecule has 0 aliphatic carbocycles. The van der Waals surface area contributed by atoms with Crippen LogP contribution in [-0.2, 0) is 9.53 Å². The summed E-state index contributed by atoms with van der Waals surface area (Å²) < 4.78 is 4.98. The molecule has 0 amide bonds. The van der Waals surface area contributed by atoms with Crippen molar-refractivity contribution in [1.29, 1.82) is 0 Å². The number of likely N-dealkylation sites (tertiary alicyclic amines) is 1. The summed E-state index contributed by atoms with van der Waals surface area (Å²) in [5, 5.41) is 9.11. The zero-order valence-electron chi connectivity index (χ0n) is 9.61. The summed E-state index contributed by atoms with van der Waals surface area (Å²) in [6.07, 6.45) is 2.80. The Morgan fingerprint density at radius 1 is 1.60 bits per heavy atom. The lowest BCUT2D eigenvalue weighted by Gasteiger charge is -2.35. The molecule has 1 aliphatic heterocycles. The van der Waals surface area contributed by atoms with E-state index in [9.17, 15) is 4.79 Å². The molecule has 2 atom stereocenters. The maximum Gasteiger partial charge on any atom is 0.320 e. The van der Waals surface area contributed by atoms with Gasteiger partial charge in [0.25, 0.3) is 0 Å². The lowest BCUT2D eigenvalue weighted by molar-refractivity contribution is -0.145. The molecule has 2 unspecified atom stereocenters. The van der Waals surface area contributed by atoms with Crippen LogP contribution in [-0.4, -0.2) is 48.8 Å². The highest BCUT2D eigenvalue weighted by molar-refractivity contribution is 5.73. The molecule has 4 heteroatoms. The Bertz CT molecular complexity index is 208. The standard InChI is InChI=1S/C11H21NO3/c1-9-4-6-12(5-3-7-15-2)10(8-9)11(13)14/h9-10H,3-8H2,1-2H3,(H,13,14). The van der Waals surface area contributed by atoms with Crippen LogP contribution in [0.2, 0.25) is 0 Å². The van der Waals surface area contributed by atoms with Gasteiger partial charge in [-0.25, -0.2) is 0 Å². The number of ether oxygens (including phenoxy) is 1. The summed E-state index contributed by atoms with van der Waals surface area (Å²) in [6, 6.07) is -0.286. The molecule has 0 spiro atoms. The number of hydrogen-bond donors (Lipinski definition) is 1. The van der Waals surface area contributed by atoms with Gasteiger partial charge >= 0.3 is 5.97 Å². The Balaban J connectivity index is 2.42. The van der Waals surface area contributed by atoms with E-state index in [1.165, 1.54) is 0 Å². The van der Waals surface area contributed by atoms with Crippen LogP contribution in [0, 0.1) is 5.92 Å². The second kappa shape index (κ2) is 6.08. The van der Waals surface area contributed by atoms with E-state index in [4.69, 9.17) is 9.84 Å². The van der Waals surface area contributed by atoms with Crippen molar-refractivity contribution in [2.24, 2.45) is 5.92 Å². The van der Waals surface area contributed by atoms with Crippen LogP contribution in [0.4, 0.5) is 0 Å². The summed E-state index contributed by atoms with van der Waals surface area (Å²) in [5.74, 6) is -0.149. The second-order valence-corrected chi connectivity index (χ2v) is 4.37. The van der Waals surface area contributed by atoms with Crippen molar-refractivity contribution in [3.05, 3.63) is 0 Å². The van der Waals surface area contributed by atoms with Gasteiger partial charge in [0, 0.05) is 20.3 Å². The predicted molar refractivity (Wildman–Crippen MR) is 57.9 cm³/mol. The van der Waals surface area contributed by atoms with Gasteiger partial charge in [-0.3, -0.25) is 9.69 Å². The van der Waals surface area contributed by atoms with E-state index in [-0.39, 0.29) is 6.04 Å². The molecule has 0 aromatic carbocycles. The predicted octanol–water partition coefficient (Wildman–Crippen LogP) is 1.21. The van der Waals surface area contributed by atoms with Gasteiger partial charge in [0.1, 0.15) is 6.04 Å². The molecule has 15 heavy (non-hydrogen) atoms. The van der Waals surface area contributed by atoms with Crippen molar-refractivity contribution in [3.63, 3.8) is 0 Å². The first-order valence-corrected chi connectivity index (χ1v) is 5.61. The average molecular weight is 215 g/mol. The fourth-order valence-corrected chi connectivity index (χ4v) is 2.13. The van der Waals surface area contributed by atoms with Crippen LogP contribution in [0.1, 0.15) is 26.2 Å². The zero-order valence-corrected chi connectivity index (χ0v) is 9.61. The average Bonchev–Trinajstić information content (AvgIpc) is 2.20. The Morgan fingerprint density at radius 3 is 2.93 bits per heavy atom. The molecule has 88 valence electrons. The van der Waals surface area contributed by atoms with Crippen LogP contribution >= 0.6 is 0 Å². The Kier molecular flexibility index (Phi) is 5.05. The number of carboxylic acids is 1. The third kappa shape index (κ3) is 3.80. The second-order valence-electron chi connectivity index (χ2n) is 4.37. The fraction of sp³-hybridized carbons (Fsp3) is 0.909. The van der Waals surface area contributed by atoms with Crippen molar-refractivity contribution < 1.29 is 14.6 Å². The Morgan fingerprint density at radius 2 is 2.33 bits per heavy atom. The van der Waals surface area contributed by atoms with Gasteiger partial charge in [0.15, 0.2) is 0 Å². The molecule has 0 bridgehead atoms. The van der Waals surface area contributed by atoms with Crippen molar-refractivity contribution in [2.45, 2.75) is 32.2 Å². The molecule has 1 fully saturated rings. The lowest BCUT2D eigenvalue weighted by atomic mass is 9.92. The summed E-state index contributed by atoms with van der Waals surface area (Å²) >= 11 is 0. The minimum Gasteiger partial charge on any atom is -0.480 e. The molecule has 0 radical (unpaired) electrons. The molecule has 4 nitrogen and oxygen atoms in total. The number of carbonyl (C=O) groups is 1. The number of methoxy groups -OCH3 is 1. The molecule has 1 rings (SSSR count). The normalized spacial score (nSPS) is 27.9. The maximum atomic E-state index is 11.1. The van der Waals surface area contributed by atoms with Gasteiger partial charge in [0.2, 0.25) is 0 Å². The Labute approximate surface area is 91.2 Å². The van der Waals surface area contributed by atoms with Gasteiger partial charge < -0.3 is 9.84 Å². The Hall–Kier alpha value is -0.610. The third-order valence-corrected chi connectivity index (χ3v) is 3.05. The number of nitrogens with zero attached hydrogens (tertiary/aromatic N) is 1. The van der Waals surface area contributed by atoms with Crippen LogP contribution in [0.5, 0.6) is 0 Å². The third-order valence-electron chi connectivity index (χ3n) is 3.05. The first-order chi connectivity index (χ1) is 7.15. The van der Waals surface area contributed by atoms with E-state index < -0.39 is 5.97 Å². The highest BCUT2D eigenvalue weighted by Crippen LogP contribution is 2.22. The zero-order chi connectivity index (χ0) is 11.3. The topological polar surface area (TPSA) is 49.8 Å². The molecule has 0 saturated carbocycles. The van der Waals surface area contributed by atoms with Crippen LogP contribution in [0.3, 0.4) is 0 Å². The largest absolute Gasteiger partial charge is 0.480 e. The van der Waals surface area contributed by atoms with E-state index in [1.54, 1.807) is 7.11 Å². The van der Waals surface area contributed by atoms with E-state index >= 15 is 0 Å². The van der Waals surface area contributed by atoms with Crippen LogP contribution < -0.4 is 0 Å². The minimum absolute atomic E-state index is 0.286. The van der Waals surface area contributed by atoms with E-state index in [1.807, 2.05) is 0 Å². The monoisotopic (exact) mass is 215 g/mol. The van der Waals surface area contributed by atoms with Gasteiger partial charge in [-0.15, -0.1) is 0 Å². The summed E-state index contributed by atoms with van der Waals surface area (Å²) in [7, 11) is 1.67. The first-order valence-electron chi connectivity index (χ1n) is 5.61. The van der Waals surface area contributed by atoms with Gasteiger partial charge in [0.05, 0.1) is 0 Å². The molecule has 1 saturated heterocycles. The quantitative estimate of drug-likeness (QED) is 0.700. The van der Waals surface area contributed by atoms with Crippen molar-refractivity contribution >= 4 is 5.97 Å². The molecule has 0 aromatic heterocycles. The number of carboxylic acid groups (broad SMARTS) is 1. The maximum absolute atomic E-state index is 11.1. The summed E-state index contributed by atoms with van der Waals surface area (Å²) in [6.45, 7) is 4.57. The molecular weight excluding hydrogens is 194 g/mol. The van der Waals surface area contributed by atoms with Crippen molar-refractivity contribution in [1.82, 2.24) is 4.90 Å². The lowest BCUT2D eigenvalue weighted by Crippen LogP contribution is -2.47. The highest BCUT2D eigenvalue weighted by atomic mass is 16.5. The number of hydrogen-bond acceptors (Lipinski definition) is 3. The number of piperidine rings is 1.